The zero-order chi connectivity index (χ0) is 17.6. The van der Waals surface area contributed by atoms with E-state index in [1.807, 2.05) is 72.8 Å². The Kier molecular flexibility index (Phi) is 5.34. The number of ether oxygens (including phenoxy) is 1. The Morgan fingerprint density at radius 2 is 1.64 bits per heavy atom. The van der Waals surface area contributed by atoms with Crippen molar-refractivity contribution in [2.24, 2.45) is 0 Å². The molecule has 0 saturated heterocycles. The maximum absolute atomic E-state index is 12.6. The second kappa shape index (κ2) is 7.84. The van der Waals surface area contributed by atoms with Gasteiger partial charge >= 0.3 is 0 Å². The van der Waals surface area contributed by atoms with E-state index in [-0.39, 0.29) is 11.9 Å². The van der Waals surface area contributed by atoms with Crippen molar-refractivity contribution in [1.29, 1.82) is 0 Å². The molecule has 0 aliphatic carbocycles. The van der Waals surface area contributed by atoms with E-state index in [1.165, 1.54) is 0 Å². The number of rotatable bonds is 6. The van der Waals surface area contributed by atoms with Crippen LogP contribution in [0.3, 0.4) is 0 Å². The van der Waals surface area contributed by atoms with Gasteiger partial charge < -0.3 is 10.1 Å². The van der Waals surface area contributed by atoms with Crippen LogP contribution in [0.25, 0.3) is 10.8 Å². The number of carbonyl (C=O) groups excluding carboxylic acids is 1. The zero-order valence-electron chi connectivity index (χ0n) is 14.6. The highest BCUT2D eigenvalue weighted by molar-refractivity contribution is 5.89. The van der Waals surface area contributed by atoms with E-state index in [1.54, 1.807) is 6.92 Å². The van der Waals surface area contributed by atoms with Gasteiger partial charge in [0, 0.05) is 5.39 Å². The average Bonchev–Trinajstić information content (AvgIpc) is 2.67. The molecule has 3 rings (SSSR count). The molecule has 0 aliphatic rings. The maximum atomic E-state index is 12.6. The molecule has 0 aromatic heterocycles. The summed E-state index contributed by atoms with van der Waals surface area (Å²) in [6.07, 6.45) is 0.264. The van der Waals surface area contributed by atoms with E-state index < -0.39 is 6.10 Å². The van der Waals surface area contributed by atoms with Crippen LogP contribution >= 0.6 is 0 Å². The van der Waals surface area contributed by atoms with Crippen molar-refractivity contribution in [3.05, 3.63) is 78.4 Å². The van der Waals surface area contributed by atoms with E-state index in [9.17, 15) is 4.79 Å². The Balaban J connectivity index is 1.72. The fourth-order valence-electron chi connectivity index (χ4n) is 2.94. The minimum Gasteiger partial charge on any atom is -0.480 e. The molecule has 0 fully saturated rings. The molecule has 0 radical (unpaired) electrons. The molecule has 128 valence electrons. The second-order valence-electron chi connectivity index (χ2n) is 6.12. The summed E-state index contributed by atoms with van der Waals surface area (Å²) in [6, 6.07) is 23.9. The summed E-state index contributed by atoms with van der Waals surface area (Å²) in [4.78, 5) is 12.6. The fourth-order valence-corrected chi connectivity index (χ4v) is 2.94. The van der Waals surface area contributed by atoms with E-state index in [0.717, 1.165) is 28.5 Å². The molecule has 0 aliphatic heterocycles. The molecule has 2 atom stereocenters. The van der Waals surface area contributed by atoms with Crippen LogP contribution in [0.5, 0.6) is 5.75 Å². The quantitative estimate of drug-likeness (QED) is 0.698. The Morgan fingerprint density at radius 3 is 2.40 bits per heavy atom. The molecule has 0 saturated carbocycles. The lowest BCUT2D eigenvalue weighted by atomic mass is 10.0. The van der Waals surface area contributed by atoms with Gasteiger partial charge in [-0.15, -0.1) is 0 Å². The van der Waals surface area contributed by atoms with Gasteiger partial charge in [0.1, 0.15) is 5.75 Å². The minimum absolute atomic E-state index is 0.00716. The lowest BCUT2D eigenvalue weighted by Gasteiger charge is -2.21. The van der Waals surface area contributed by atoms with E-state index in [4.69, 9.17) is 4.74 Å². The topological polar surface area (TPSA) is 38.3 Å². The van der Waals surface area contributed by atoms with Gasteiger partial charge in [-0.2, -0.15) is 0 Å². The molecule has 0 spiro atoms. The van der Waals surface area contributed by atoms with Crippen molar-refractivity contribution >= 4 is 16.7 Å². The standard InChI is InChI=1S/C22H23NO2/c1-3-20(18-11-5-4-6-12-18)23-22(24)16(2)25-21-15-9-13-17-10-7-8-14-19(17)21/h4-16,20H,3H2,1-2H3,(H,23,24)/t16-,20+/m1/s1. The van der Waals surface area contributed by atoms with Crippen LogP contribution in [-0.4, -0.2) is 12.0 Å². The summed E-state index contributed by atoms with van der Waals surface area (Å²) >= 11 is 0. The van der Waals surface area contributed by atoms with E-state index >= 15 is 0 Å². The van der Waals surface area contributed by atoms with Gasteiger partial charge in [-0.05, 0) is 30.4 Å². The molecule has 0 heterocycles. The summed E-state index contributed by atoms with van der Waals surface area (Å²) in [6.45, 7) is 3.85. The fraction of sp³-hybridized carbons (Fsp3) is 0.227. The first-order valence-electron chi connectivity index (χ1n) is 8.68. The Labute approximate surface area is 148 Å². The highest BCUT2D eigenvalue weighted by Gasteiger charge is 2.19. The molecule has 0 unspecified atom stereocenters. The van der Waals surface area contributed by atoms with Gasteiger partial charge in [0.25, 0.3) is 5.91 Å². The number of hydrogen-bond donors (Lipinski definition) is 1. The van der Waals surface area contributed by atoms with Crippen LogP contribution in [0.1, 0.15) is 31.9 Å². The van der Waals surface area contributed by atoms with Crippen LogP contribution in [0, 0.1) is 0 Å². The van der Waals surface area contributed by atoms with Crippen molar-refractivity contribution in [3.63, 3.8) is 0 Å². The van der Waals surface area contributed by atoms with Crippen LogP contribution in [0.4, 0.5) is 0 Å². The van der Waals surface area contributed by atoms with Crippen molar-refractivity contribution in [2.75, 3.05) is 0 Å². The third-order valence-electron chi connectivity index (χ3n) is 4.35. The molecule has 25 heavy (non-hydrogen) atoms. The number of fused-ring (bicyclic) bond motifs is 1. The molecular weight excluding hydrogens is 310 g/mol. The monoisotopic (exact) mass is 333 g/mol. The lowest BCUT2D eigenvalue weighted by molar-refractivity contribution is -0.128. The smallest absolute Gasteiger partial charge is 0.261 e. The van der Waals surface area contributed by atoms with Gasteiger partial charge in [0.15, 0.2) is 6.10 Å². The van der Waals surface area contributed by atoms with Gasteiger partial charge in [-0.3, -0.25) is 4.79 Å². The van der Waals surface area contributed by atoms with E-state index in [2.05, 4.69) is 12.2 Å². The normalized spacial score (nSPS) is 13.2. The number of nitrogens with one attached hydrogen (secondary N) is 1. The molecule has 1 amide bonds. The first-order chi connectivity index (χ1) is 12.2. The van der Waals surface area contributed by atoms with Gasteiger partial charge in [-0.1, -0.05) is 73.7 Å². The van der Waals surface area contributed by atoms with Gasteiger partial charge in [0.2, 0.25) is 0 Å². The van der Waals surface area contributed by atoms with Crippen molar-refractivity contribution < 1.29 is 9.53 Å². The SMILES string of the molecule is CC[C@H](NC(=O)[C@@H](C)Oc1cccc2ccccc12)c1ccccc1. The average molecular weight is 333 g/mol. The molecule has 1 N–H and O–H groups in total. The first-order valence-corrected chi connectivity index (χ1v) is 8.68. The Bertz CT molecular complexity index is 840. The molecule has 3 nitrogen and oxygen atoms in total. The summed E-state index contributed by atoms with van der Waals surface area (Å²) in [5.74, 6) is 0.622. The Morgan fingerprint density at radius 1 is 0.960 bits per heavy atom. The summed E-state index contributed by atoms with van der Waals surface area (Å²) < 4.78 is 5.96. The van der Waals surface area contributed by atoms with Crippen molar-refractivity contribution in [1.82, 2.24) is 5.32 Å². The molecule has 0 bridgehead atoms. The van der Waals surface area contributed by atoms with Crippen LogP contribution < -0.4 is 10.1 Å². The first kappa shape index (κ1) is 17.0. The van der Waals surface area contributed by atoms with Crippen LogP contribution in [0.2, 0.25) is 0 Å². The largest absolute Gasteiger partial charge is 0.480 e. The van der Waals surface area contributed by atoms with Crippen LogP contribution in [-0.2, 0) is 4.79 Å². The molecule has 3 aromatic rings. The lowest BCUT2D eigenvalue weighted by Crippen LogP contribution is -2.38. The third kappa shape index (κ3) is 4.00. The van der Waals surface area contributed by atoms with Gasteiger partial charge in [-0.25, -0.2) is 0 Å². The predicted molar refractivity (Wildman–Crippen MR) is 102 cm³/mol. The van der Waals surface area contributed by atoms with Crippen molar-refractivity contribution in [3.8, 4) is 5.75 Å². The molecule has 3 heteroatoms. The van der Waals surface area contributed by atoms with Gasteiger partial charge in [0.05, 0.1) is 6.04 Å². The number of carbonyl (C=O) groups is 1. The van der Waals surface area contributed by atoms with E-state index in [0.29, 0.717) is 0 Å². The second-order valence-corrected chi connectivity index (χ2v) is 6.12. The zero-order valence-corrected chi connectivity index (χ0v) is 14.6. The number of benzene rings is 3. The minimum atomic E-state index is -0.566. The van der Waals surface area contributed by atoms with Crippen LogP contribution in [0.15, 0.2) is 72.8 Å². The summed E-state index contributed by atoms with van der Waals surface area (Å²) in [5, 5.41) is 5.20. The highest BCUT2D eigenvalue weighted by Crippen LogP contribution is 2.26. The summed E-state index contributed by atoms with van der Waals surface area (Å²) in [5.41, 5.74) is 1.11. The van der Waals surface area contributed by atoms with Crippen molar-refractivity contribution in [2.45, 2.75) is 32.4 Å². The highest BCUT2D eigenvalue weighted by atomic mass is 16.5. The maximum Gasteiger partial charge on any atom is 0.261 e. The Hall–Kier alpha value is -2.81. The summed E-state index contributed by atoms with van der Waals surface area (Å²) in [7, 11) is 0. The molecule has 3 aromatic carbocycles. The third-order valence-corrected chi connectivity index (χ3v) is 4.35. The predicted octanol–water partition coefficient (Wildman–Crippen LogP) is 4.87. The molecular formula is C22H23NO2. The number of hydrogen-bond acceptors (Lipinski definition) is 2. The number of amides is 1.